The molecule has 0 radical (unpaired) electrons. The Morgan fingerprint density at radius 3 is 2.50 bits per heavy atom. The van der Waals surface area contributed by atoms with Crippen molar-refractivity contribution in [1.29, 1.82) is 0 Å². The molecule has 0 aliphatic heterocycles. The van der Waals surface area contributed by atoms with Crippen molar-refractivity contribution in [3.05, 3.63) is 59.0 Å². The van der Waals surface area contributed by atoms with Crippen LogP contribution in [0.5, 0.6) is 0 Å². The summed E-state index contributed by atoms with van der Waals surface area (Å²) in [5.74, 6) is -1.21. The highest BCUT2D eigenvalue weighted by molar-refractivity contribution is 6.32. The lowest BCUT2D eigenvalue weighted by atomic mass is 10.0. The van der Waals surface area contributed by atoms with Crippen molar-refractivity contribution in [3.63, 3.8) is 0 Å². The maximum Gasteiger partial charge on any atom is 0.265 e. The summed E-state index contributed by atoms with van der Waals surface area (Å²) >= 11 is 5.83. The fourth-order valence-corrected chi connectivity index (χ4v) is 2.46. The van der Waals surface area contributed by atoms with Crippen LogP contribution in [0.15, 0.2) is 42.5 Å². The van der Waals surface area contributed by atoms with Gasteiger partial charge >= 0.3 is 0 Å². The van der Waals surface area contributed by atoms with Crippen LogP contribution in [-0.4, -0.2) is 10.9 Å². The number of amides is 1. The van der Waals surface area contributed by atoms with E-state index in [-0.39, 0.29) is 16.1 Å². The summed E-state index contributed by atoms with van der Waals surface area (Å²) in [5, 5.41) is 0.280. The Hall–Kier alpha value is -2.33. The van der Waals surface area contributed by atoms with Gasteiger partial charge in [-0.25, -0.2) is 4.39 Å². The van der Waals surface area contributed by atoms with Crippen LogP contribution in [0.3, 0.4) is 0 Å². The highest BCUT2D eigenvalue weighted by Gasteiger charge is 2.21. The largest absolute Gasteiger partial charge is 0.364 e. The van der Waals surface area contributed by atoms with Gasteiger partial charge in [0.2, 0.25) is 0 Å². The molecule has 0 bridgehead atoms. The second kappa shape index (κ2) is 4.65. The predicted molar refractivity (Wildman–Crippen MR) is 77.2 cm³/mol. The van der Waals surface area contributed by atoms with E-state index in [1.54, 1.807) is 30.3 Å². The molecule has 0 fully saturated rings. The first-order valence-electron chi connectivity index (χ1n) is 5.94. The summed E-state index contributed by atoms with van der Waals surface area (Å²) in [5.41, 5.74) is 7.18. The Balaban J connectivity index is 2.46. The number of primary amides is 1. The van der Waals surface area contributed by atoms with Crippen LogP contribution in [-0.2, 0) is 0 Å². The average Bonchev–Trinajstić information content (AvgIpc) is 2.84. The zero-order valence-electron chi connectivity index (χ0n) is 10.3. The molecule has 1 aromatic heterocycles. The zero-order valence-corrected chi connectivity index (χ0v) is 11.0. The van der Waals surface area contributed by atoms with Gasteiger partial charge in [0.1, 0.15) is 5.69 Å². The zero-order chi connectivity index (χ0) is 14.3. The van der Waals surface area contributed by atoms with Gasteiger partial charge in [0.05, 0.1) is 5.02 Å². The van der Waals surface area contributed by atoms with E-state index in [0.717, 1.165) is 0 Å². The molecule has 0 saturated carbocycles. The molecule has 0 atom stereocenters. The maximum atomic E-state index is 14.3. The van der Waals surface area contributed by atoms with E-state index in [1.165, 1.54) is 6.07 Å². The SMILES string of the molecule is NC(=O)c1[nH]c2ccc(Cl)c(F)c2c1-c1ccccc1. The lowest BCUT2D eigenvalue weighted by Gasteiger charge is -2.03. The molecule has 3 nitrogen and oxygen atoms in total. The summed E-state index contributed by atoms with van der Waals surface area (Å²) in [7, 11) is 0. The molecule has 1 heterocycles. The number of rotatable bonds is 2. The lowest BCUT2D eigenvalue weighted by molar-refractivity contribution is 0.0997. The third-order valence-electron chi connectivity index (χ3n) is 3.16. The fourth-order valence-electron chi connectivity index (χ4n) is 2.30. The van der Waals surface area contributed by atoms with Gasteiger partial charge in [0, 0.05) is 16.5 Å². The molecule has 3 rings (SSSR count). The molecule has 3 aromatic rings. The molecule has 5 heteroatoms. The van der Waals surface area contributed by atoms with Gasteiger partial charge in [-0.15, -0.1) is 0 Å². The normalized spacial score (nSPS) is 10.9. The van der Waals surface area contributed by atoms with E-state index in [2.05, 4.69) is 4.98 Å². The Kier molecular flexibility index (Phi) is 2.95. The van der Waals surface area contributed by atoms with Crippen LogP contribution < -0.4 is 5.73 Å². The molecule has 0 aliphatic carbocycles. The number of aromatic nitrogens is 1. The van der Waals surface area contributed by atoms with Crippen LogP contribution in [0.25, 0.3) is 22.0 Å². The van der Waals surface area contributed by atoms with E-state index in [4.69, 9.17) is 17.3 Å². The second-order valence-corrected chi connectivity index (χ2v) is 4.80. The molecule has 0 aliphatic rings. The Morgan fingerprint density at radius 2 is 1.85 bits per heavy atom. The van der Waals surface area contributed by atoms with E-state index in [1.807, 2.05) is 6.07 Å². The van der Waals surface area contributed by atoms with Crippen molar-refractivity contribution in [1.82, 2.24) is 4.98 Å². The Morgan fingerprint density at radius 1 is 1.15 bits per heavy atom. The lowest BCUT2D eigenvalue weighted by Crippen LogP contribution is -2.12. The van der Waals surface area contributed by atoms with Crippen LogP contribution in [0, 0.1) is 5.82 Å². The van der Waals surface area contributed by atoms with Crippen molar-refractivity contribution in [2.24, 2.45) is 5.73 Å². The quantitative estimate of drug-likeness (QED) is 0.742. The standard InChI is InChI=1S/C15H10ClFN2O/c16-9-6-7-10-12(13(9)17)11(14(19-10)15(18)20)8-4-2-1-3-5-8/h1-7,19H,(H2,18,20). The maximum absolute atomic E-state index is 14.3. The van der Waals surface area contributed by atoms with Crippen molar-refractivity contribution in [2.75, 3.05) is 0 Å². The molecule has 0 spiro atoms. The van der Waals surface area contributed by atoms with E-state index in [0.29, 0.717) is 16.6 Å². The Bertz CT molecular complexity index is 812. The molecule has 100 valence electrons. The van der Waals surface area contributed by atoms with Crippen molar-refractivity contribution in [2.45, 2.75) is 0 Å². The van der Waals surface area contributed by atoms with E-state index < -0.39 is 11.7 Å². The van der Waals surface area contributed by atoms with Crippen LogP contribution in [0.4, 0.5) is 4.39 Å². The second-order valence-electron chi connectivity index (χ2n) is 4.39. The first-order valence-corrected chi connectivity index (χ1v) is 6.32. The summed E-state index contributed by atoms with van der Waals surface area (Å²) in [6.07, 6.45) is 0. The number of hydrogen-bond donors (Lipinski definition) is 2. The van der Waals surface area contributed by atoms with Gasteiger partial charge in [-0.1, -0.05) is 41.9 Å². The number of carbonyl (C=O) groups is 1. The number of aromatic amines is 1. The minimum atomic E-state index is -0.643. The number of fused-ring (bicyclic) bond motifs is 1. The molecule has 0 unspecified atom stereocenters. The number of nitrogens with two attached hydrogens (primary N) is 1. The summed E-state index contributed by atoms with van der Waals surface area (Å²) in [4.78, 5) is 14.5. The number of hydrogen-bond acceptors (Lipinski definition) is 1. The number of halogens is 2. The molecular formula is C15H10ClFN2O. The Labute approximate surface area is 119 Å². The minimum absolute atomic E-state index is 0.00435. The number of nitrogens with one attached hydrogen (secondary N) is 1. The number of benzene rings is 2. The third kappa shape index (κ3) is 1.85. The van der Waals surface area contributed by atoms with Gasteiger partial charge in [-0.2, -0.15) is 0 Å². The molecule has 0 saturated heterocycles. The first kappa shape index (κ1) is 12.7. The summed E-state index contributed by atoms with van der Waals surface area (Å²) in [6.45, 7) is 0. The minimum Gasteiger partial charge on any atom is -0.364 e. The highest BCUT2D eigenvalue weighted by atomic mass is 35.5. The van der Waals surface area contributed by atoms with Gasteiger partial charge in [0.25, 0.3) is 5.91 Å². The van der Waals surface area contributed by atoms with Crippen LogP contribution in [0.1, 0.15) is 10.5 Å². The third-order valence-corrected chi connectivity index (χ3v) is 3.46. The van der Waals surface area contributed by atoms with Gasteiger partial charge in [-0.05, 0) is 17.7 Å². The first-order chi connectivity index (χ1) is 9.59. The van der Waals surface area contributed by atoms with Gasteiger partial charge < -0.3 is 10.7 Å². The highest BCUT2D eigenvalue weighted by Crippen LogP contribution is 2.36. The molecular weight excluding hydrogens is 279 g/mol. The van der Waals surface area contributed by atoms with Crippen molar-refractivity contribution >= 4 is 28.4 Å². The molecule has 1 amide bonds. The van der Waals surface area contributed by atoms with Crippen LogP contribution in [0.2, 0.25) is 5.02 Å². The fraction of sp³-hybridized carbons (Fsp3) is 0. The smallest absolute Gasteiger partial charge is 0.265 e. The molecule has 2 aromatic carbocycles. The average molecular weight is 289 g/mol. The van der Waals surface area contributed by atoms with Crippen molar-refractivity contribution in [3.8, 4) is 11.1 Å². The topological polar surface area (TPSA) is 58.9 Å². The summed E-state index contributed by atoms with van der Waals surface area (Å²) < 4.78 is 14.3. The van der Waals surface area contributed by atoms with Gasteiger partial charge in [0.15, 0.2) is 5.82 Å². The summed E-state index contributed by atoms with van der Waals surface area (Å²) in [6, 6.07) is 12.1. The van der Waals surface area contributed by atoms with Gasteiger partial charge in [-0.3, -0.25) is 4.79 Å². The van der Waals surface area contributed by atoms with E-state index >= 15 is 0 Å². The van der Waals surface area contributed by atoms with Crippen molar-refractivity contribution < 1.29 is 9.18 Å². The van der Waals surface area contributed by atoms with Crippen LogP contribution >= 0.6 is 11.6 Å². The number of H-pyrrole nitrogens is 1. The molecule has 3 N–H and O–H groups in total. The monoisotopic (exact) mass is 288 g/mol. The number of carbonyl (C=O) groups excluding carboxylic acids is 1. The van der Waals surface area contributed by atoms with E-state index in [9.17, 15) is 9.18 Å². The molecule has 20 heavy (non-hydrogen) atoms. The predicted octanol–water partition coefficient (Wildman–Crippen LogP) is 3.73.